The van der Waals surface area contributed by atoms with Crippen molar-refractivity contribution < 1.29 is 0 Å². The van der Waals surface area contributed by atoms with Crippen molar-refractivity contribution in [2.24, 2.45) is 0 Å². The van der Waals surface area contributed by atoms with Crippen LogP contribution in [0.5, 0.6) is 0 Å². The molecule has 1 rings (SSSR count). The fraction of sp³-hybridized carbons (Fsp3) is 0.364. The zero-order chi connectivity index (χ0) is 10.6. The molecule has 0 amide bonds. The zero-order valence-electron chi connectivity index (χ0n) is 7.99. The van der Waals surface area contributed by atoms with Gasteiger partial charge in [0.15, 0.2) is 0 Å². The molecule has 0 bridgehead atoms. The average Bonchev–Trinajstić information content (AvgIpc) is 2.18. The molecule has 1 aromatic carbocycles. The van der Waals surface area contributed by atoms with Gasteiger partial charge in [-0.1, -0.05) is 60.6 Å². The maximum atomic E-state index is 6.03. The van der Waals surface area contributed by atoms with Crippen molar-refractivity contribution in [3.05, 3.63) is 39.2 Å². The summed E-state index contributed by atoms with van der Waals surface area (Å²) >= 11 is 17.8. The molecule has 0 saturated heterocycles. The molecule has 0 nitrogen and oxygen atoms in total. The van der Waals surface area contributed by atoms with Gasteiger partial charge in [-0.25, -0.2) is 0 Å². The summed E-state index contributed by atoms with van der Waals surface area (Å²) in [7, 11) is 0. The van der Waals surface area contributed by atoms with Gasteiger partial charge < -0.3 is 0 Å². The van der Waals surface area contributed by atoms with Crippen molar-refractivity contribution in [1.82, 2.24) is 0 Å². The van der Waals surface area contributed by atoms with Crippen molar-refractivity contribution in [3.8, 4) is 0 Å². The Balaban J connectivity index is 2.73. The van der Waals surface area contributed by atoms with E-state index in [-0.39, 0.29) is 0 Å². The fourth-order valence-electron chi connectivity index (χ4n) is 1.16. The highest BCUT2D eigenvalue weighted by Gasteiger charge is 2.07. The number of hydrogen-bond donors (Lipinski definition) is 0. The molecule has 0 saturated carbocycles. The van der Waals surface area contributed by atoms with E-state index < -0.39 is 0 Å². The van der Waals surface area contributed by atoms with Crippen LogP contribution in [0.3, 0.4) is 0 Å². The second-order valence-corrected chi connectivity index (χ2v) is 4.27. The van der Waals surface area contributed by atoms with Crippen LogP contribution >= 0.6 is 34.8 Å². The Kier molecular flexibility index (Phi) is 5.08. The van der Waals surface area contributed by atoms with Gasteiger partial charge in [0.05, 0.1) is 15.1 Å². The van der Waals surface area contributed by atoms with Crippen molar-refractivity contribution in [2.45, 2.75) is 26.2 Å². The topological polar surface area (TPSA) is 0 Å². The van der Waals surface area contributed by atoms with Gasteiger partial charge in [0.25, 0.3) is 0 Å². The molecule has 14 heavy (non-hydrogen) atoms. The normalized spacial score (nSPS) is 10.6. The smallest absolute Gasteiger partial charge is 0.0781 e. The summed E-state index contributed by atoms with van der Waals surface area (Å²) in [4.78, 5) is 0. The van der Waals surface area contributed by atoms with E-state index in [0.29, 0.717) is 15.1 Å². The van der Waals surface area contributed by atoms with Crippen LogP contribution in [0.4, 0.5) is 0 Å². The molecule has 0 aromatic heterocycles. The van der Waals surface area contributed by atoms with Gasteiger partial charge in [-0.05, 0) is 24.5 Å². The summed E-state index contributed by atoms with van der Waals surface area (Å²) in [6, 6.07) is 3.67. The molecule has 0 spiro atoms. The minimum atomic E-state index is 0.443. The highest BCUT2D eigenvalue weighted by molar-refractivity contribution is 6.48. The van der Waals surface area contributed by atoms with E-state index in [4.69, 9.17) is 34.8 Å². The Labute approximate surface area is 100 Å². The van der Waals surface area contributed by atoms with Crippen molar-refractivity contribution in [2.75, 3.05) is 0 Å². The molecule has 1 radical (unpaired) electrons. The molecule has 0 atom stereocenters. The Morgan fingerprint density at radius 3 is 2.50 bits per heavy atom. The van der Waals surface area contributed by atoms with E-state index in [1.807, 2.05) is 6.07 Å². The monoisotopic (exact) mass is 249 g/mol. The van der Waals surface area contributed by atoms with Gasteiger partial charge in [-0.2, -0.15) is 0 Å². The predicted molar refractivity (Wildman–Crippen MR) is 64.4 cm³/mol. The lowest BCUT2D eigenvalue weighted by atomic mass is 10.1. The van der Waals surface area contributed by atoms with Crippen LogP contribution in [0, 0.1) is 6.42 Å². The standard InChI is InChI=1S/C11H12Cl3/c1-2-3-4-5-8-6-7-9(12)11(14)10(8)13/h5-7H,2-4H2,1H3. The minimum Gasteiger partial charge on any atom is -0.0827 e. The second-order valence-electron chi connectivity index (χ2n) is 3.11. The summed E-state index contributed by atoms with van der Waals surface area (Å²) in [5, 5.41) is 1.50. The zero-order valence-corrected chi connectivity index (χ0v) is 10.3. The highest BCUT2D eigenvalue weighted by atomic mass is 35.5. The second kappa shape index (κ2) is 5.85. The van der Waals surface area contributed by atoms with Crippen LogP contribution in [-0.2, 0) is 0 Å². The molecule has 0 aliphatic rings. The average molecular weight is 251 g/mol. The van der Waals surface area contributed by atoms with Gasteiger partial charge in [0, 0.05) is 0 Å². The quantitative estimate of drug-likeness (QED) is 0.496. The Hall–Kier alpha value is 0.0900. The molecule has 1 aromatic rings. The van der Waals surface area contributed by atoms with Crippen molar-refractivity contribution >= 4 is 34.8 Å². The van der Waals surface area contributed by atoms with Crippen LogP contribution in [0.15, 0.2) is 12.1 Å². The largest absolute Gasteiger partial charge is 0.0827 e. The van der Waals surface area contributed by atoms with E-state index in [1.165, 1.54) is 6.42 Å². The Morgan fingerprint density at radius 1 is 1.14 bits per heavy atom. The lowest BCUT2D eigenvalue weighted by Crippen LogP contribution is -1.85. The molecule has 77 valence electrons. The van der Waals surface area contributed by atoms with Crippen LogP contribution in [0.25, 0.3) is 0 Å². The minimum absolute atomic E-state index is 0.443. The van der Waals surface area contributed by atoms with Gasteiger partial charge in [0.1, 0.15) is 0 Å². The molecule has 0 aliphatic carbocycles. The van der Waals surface area contributed by atoms with E-state index in [1.54, 1.807) is 6.07 Å². The molecule has 3 heteroatoms. The summed E-state index contributed by atoms with van der Waals surface area (Å²) in [5.74, 6) is 0. The number of hydrogen-bond acceptors (Lipinski definition) is 0. The summed E-state index contributed by atoms with van der Waals surface area (Å²) in [6.07, 6.45) is 5.45. The molecule has 0 aliphatic heterocycles. The SMILES string of the molecule is CCCC[CH]c1ccc(Cl)c(Cl)c1Cl. The first-order valence-electron chi connectivity index (χ1n) is 4.63. The Morgan fingerprint density at radius 2 is 1.86 bits per heavy atom. The van der Waals surface area contributed by atoms with Crippen molar-refractivity contribution in [1.29, 1.82) is 0 Å². The third-order valence-corrected chi connectivity index (χ3v) is 3.30. The lowest BCUT2D eigenvalue weighted by molar-refractivity contribution is 0.791. The molecule has 0 fully saturated rings. The van der Waals surface area contributed by atoms with E-state index in [0.717, 1.165) is 18.4 Å². The van der Waals surface area contributed by atoms with Gasteiger partial charge in [-0.15, -0.1) is 0 Å². The lowest BCUT2D eigenvalue weighted by Gasteiger charge is -2.06. The molecule has 0 heterocycles. The van der Waals surface area contributed by atoms with Crippen LogP contribution in [0.2, 0.25) is 15.1 Å². The van der Waals surface area contributed by atoms with E-state index in [2.05, 4.69) is 13.3 Å². The number of rotatable bonds is 4. The highest BCUT2D eigenvalue weighted by Crippen LogP contribution is 2.33. The summed E-state index contributed by atoms with van der Waals surface area (Å²) in [5.41, 5.74) is 0.967. The summed E-state index contributed by atoms with van der Waals surface area (Å²) < 4.78 is 0. The maximum Gasteiger partial charge on any atom is 0.0781 e. The van der Waals surface area contributed by atoms with Crippen molar-refractivity contribution in [3.63, 3.8) is 0 Å². The van der Waals surface area contributed by atoms with E-state index >= 15 is 0 Å². The molecule has 0 unspecified atom stereocenters. The first-order chi connectivity index (χ1) is 6.66. The van der Waals surface area contributed by atoms with Gasteiger partial charge in [0.2, 0.25) is 0 Å². The number of benzene rings is 1. The van der Waals surface area contributed by atoms with Gasteiger partial charge >= 0.3 is 0 Å². The fourth-order valence-corrected chi connectivity index (χ4v) is 1.78. The first kappa shape index (κ1) is 12.2. The van der Waals surface area contributed by atoms with Crippen LogP contribution < -0.4 is 0 Å². The molecular weight excluding hydrogens is 238 g/mol. The molecular formula is C11H12Cl3. The van der Waals surface area contributed by atoms with Crippen LogP contribution in [-0.4, -0.2) is 0 Å². The third-order valence-electron chi connectivity index (χ3n) is 1.99. The molecule has 0 N–H and O–H groups in total. The predicted octanol–water partition coefficient (Wildman–Crippen LogP) is 5.39. The van der Waals surface area contributed by atoms with E-state index in [9.17, 15) is 0 Å². The number of unbranched alkanes of at least 4 members (excludes halogenated alkanes) is 2. The van der Waals surface area contributed by atoms with Crippen LogP contribution in [0.1, 0.15) is 31.7 Å². The number of halogens is 3. The van der Waals surface area contributed by atoms with Gasteiger partial charge in [-0.3, -0.25) is 0 Å². The summed E-state index contributed by atoms with van der Waals surface area (Å²) in [6.45, 7) is 2.16. The third kappa shape index (κ3) is 3.05. The maximum absolute atomic E-state index is 6.03. The first-order valence-corrected chi connectivity index (χ1v) is 5.77. The Bertz CT molecular complexity index is 308.